The van der Waals surface area contributed by atoms with Gasteiger partial charge in [0.05, 0.1) is 26.5 Å². The fourth-order valence-corrected chi connectivity index (χ4v) is 3.30. The summed E-state index contributed by atoms with van der Waals surface area (Å²) in [4.78, 5) is 38.4. The van der Waals surface area contributed by atoms with Crippen LogP contribution in [0, 0.1) is 37.3 Å². The zero-order valence-electron chi connectivity index (χ0n) is 16.2. The molecule has 2 aromatic carbocycles. The largest absolute Gasteiger partial charge is 0.356 e. The molecule has 1 saturated heterocycles. The molecule has 0 bridgehead atoms. The summed E-state index contributed by atoms with van der Waals surface area (Å²) in [6.45, 7) is 3.00. The van der Waals surface area contributed by atoms with Gasteiger partial charge < -0.3 is 4.90 Å². The molecular formula is C19H19N5O6. The molecule has 2 aromatic rings. The maximum absolute atomic E-state index is 11.3. The Morgan fingerprint density at radius 3 is 1.93 bits per heavy atom. The number of benzene rings is 2. The maximum Gasteiger partial charge on any atom is 0.277 e. The Bertz CT molecular complexity index is 1010. The number of hydrogen-bond acceptors (Lipinski definition) is 7. The molecule has 156 valence electrons. The highest BCUT2D eigenvalue weighted by molar-refractivity contribution is 6.01. The lowest BCUT2D eigenvalue weighted by molar-refractivity contribution is -0.394. The molecule has 0 atom stereocenters. The van der Waals surface area contributed by atoms with E-state index in [2.05, 4.69) is 4.99 Å². The Kier molecular flexibility index (Phi) is 6.00. The van der Waals surface area contributed by atoms with Gasteiger partial charge in [-0.1, -0.05) is 6.07 Å². The summed E-state index contributed by atoms with van der Waals surface area (Å²) >= 11 is 0. The molecule has 0 unspecified atom stereocenters. The molecule has 3 rings (SSSR count). The van der Waals surface area contributed by atoms with Crippen molar-refractivity contribution in [2.75, 3.05) is 13.1 Å². The second-order valence-corrected chi connectivity index (χ2v) is 6.96. The Labute approximate surface area is 171 Å². The lowest BCUT2D eigenvalue weighted by atomic mass is 10.1. The zero-order valence-corrected chi connectivity index (χ0v) is 16.2. The Morgan fingerprint density at radius 1 is 0.833 bits per heavy atom. The number of nitro benzene ring substituents is 3. The fraction of sp³-hybridized carbons (Fsp3) is 0.316. The van der Waals surface area contributed by atoms with Crippen LogP contribution in [0.1, 0.15) is 30.4 Å². The third kappa shape index (κ3) is 4.57. The lowest BCUT2D eigenvalue weighted by Gasteiger charge is -2.30. The Hall–Kier alpha value is -3.89. The number of non-ortho nitro benzene ring substituents is 3. The molecule has 1 aliphatic heterocycles. The SMILES string of the molecule is Cc1ccc([N+](=O)[O-])cc1N=C(c1cc([N+](=O)[O-])cc([N+](=O)[O-])c1)N1CCCCC1. The molecule has 1 aliphatic rings. The van der Waals surface area contributed by atoms with Crippen molar-refractivity contribution < 1.29 is 14.8 Å². The van der Waals surface area contributed by atoms with Crippen molar-refractivity contribution in [3.05, 3.63) is 77.9 Å². The summed E-state index contributed by atoms with van der Waals surface area (Å²) in [6, 6.07) is 7.65. The topological polar surface area (TPSA) is 145 Å². The van der Waals surface area contributed by atoms with Crippen LogP contribution >= 0.6 is 0 Å². The predicted octanol–water partition coefficient (Wildman–Crippen LogP) is 4.28. The van der Waals surface area contributed by atoms with Gasteiger partial charge in [-0.05, 0) is 31.7 Å². The summed E-state index contributed by atoms with van der Waals surface area (Å²) in [5.41, 5.74) is 0.263. The quantitative estimate of drug-likeness (QED) is 0.308. The third-order valence-corrected chi connectivity index (χ3v) is 4.87. The number of aliphatic imine (C=N–C) groups is 1. The molecule has 0 spiro atoms. The van der Waals surface area contributed by atoms with Crippen molar-refractivity contribution in [2.45, 2.75) is 26.2 Å². The summed E-state index contributed by atoms with van der Waals surface area (Å²) in [6.07, 6.45) is 2.78. The monoisotopic (exact) mass is 413 g/mol. The van der Waals surface area contributed by atoms with Crippen molar-refractivity contribution in [3.8, 4) is 0 Å². The van der Waals surface area contributed by atoms with Crippen molar-refractivity contribution in [1.82, 2.24) is 4.90 Å². The number of nitrogens with zero attached hydrogens (tertiary/aromatic N) is 5. The number of nitro groups is 3. The van der Waals surface area contributed by atoms with Crippen LogP contribution in [0.2, 0.25) is 0 Å². The van der Waals surface area contributed by atoms with Crippen LogP contribution in [-0.2, 0) is 0 Å². The van der Waals surface area contributed by atoms with Crippen LogP contribution in [0.25, 0.3) is 0 Å². The summed E-state index contributed by atoms with van der Waals surface area (Å²) in [7, 11) is 0. The summed E-state index contributed by atoms with van der Waals surface area (Å²) < 4.78 is 0. The smallest absolute Gasteiger partial charge is 0.277 e. The van der Waals surface area contributed by atoms with E-state index in [9.17, 15) is 30.3 Å². The first-order valence-electron chi connectivity index (χ1n) is 9.29. The van der Waals surface area contributed by atoms with Gasteiger partial charge in [-0.3, -0.25) is 30.3 Å². The second-order valence-electron chi connectivity index (χ2n) is 6.96. The van der Waals surface area contributed by atoms with E-state index < -0.39 is 26.1 Å². The highest BCUT2D eigenvalue weighted by Gasteiger charge is 2.24. The van der Waals surface area contributed by atoms with Gasteiger partial charge in [0.25, 0.3) is 17.1 Å². The molecule has 0 aromatic heterocycles. The number of hydrogen-bond donors (Lipinski definition) is 0. The van der Waals surface area contributed by atoms with Gasteiger partial charge in [-0.2, -0.15) is 0 Å². The van der Waals surface area contributed by atoms with Crippen molar-refractivity contribution in [3.63, 3.8) is 0 Å². The minimum absolute atomic E-state index is 0.137. The van der Waals surface area contributed by atoms with E-state index in [0.29, 0.717) is 30.2 Å². The van der Waals surface area contributed by atoms with E-state index in [1.807, 2.05) is 4.90 Å². The van der Waals surface area contributed by atoms with Gasteiger partial charge in [0, 0.05) is 42.9 Å². The maximum atomic E-state index is 11.3. The summed E-state index contributed by atoms with van der Waals surface area (Å²) in [5, 5.41) is 33.8. The minimum atomic E-state index is -0.692. The van der Waals surface area contributed by atoms with Crippen molar-refractivity contribution >= 4 is 28.6 Å². The first kappa shape index (κ1) is 20.8. The minimum Gasteiger partial charge on any atom is -0.356 e. The van der Waals surface area contributed by atoms with Crippen molar-refractivity contribution in [1.29, 1.82) is 0 Å². The average molecular weight is 413 g/mol. The molecule has 1 heterocycles. The van der Waals surface area contributed by atoms with E-state index in [1.54, 1.807) is 13.0 Å². The van der Waals surface area contributed by atoms with Gasteiger partial charge in [0.1, 0.15) is 5.84 Å². The number of rotatable bonds is 5. The highest BCUT2D eigenvalue weighted by atomic mass is 16.6. The molecular weight excluding hydrogens is 394 g/mol. The number of aryl methyl sites for hydroxylation is 1. The Balaban J connectivity index is 2.21. The number of piperidine rings is 1. The van der Waals surface area contributed by atoms with E-state index in [4.69, 9.17) is 0 Å². The van der Waals surface area contributed by atoms with Gasteiger partial charge >= 0.3 is 0 Å². The van der Waals surface area contributed by atoms with Crippen LogP contribution in [0.3, 0.4) is 0 Å². The third-order valence-electron chi connectivity index (χ3n) is 4.87. The first-order valence-corrected chi connectivity index (χ1v) is 9.29. The van der Waals surface area contributed by atoms with Crippen LogP contribution in [0.4, 0.5) is 22.7 Å². The van der Waals surface area contributed by atoms with Gasteiger partial charge in [0.2, 0.25) is 0 Å². The lowest BCUT2D eigenvalue weighted by Crippen LogP contribution is -2.36. The number of likely N-dealkylation sites (tertiary alicyclic amines) is 1. The van der Waals surface area contributed by atoms with Gasteiger partial charge in [-0.25, -0.2) is 4.99 Å². The molecule has 0 radical (unpaired) electrons. The van der Waals surface area contributed by atoms with Gasteiger partial charge in [0.15, 0.2) is 0 Å². The highest BCUT2D eigenvalue weighted by Crippen LogP contribution is 2.29. The zero-order chi connectivity index (χ0) is 21.8. The Morgan fingerprint density at radius 2 is 1.40 bits per heavy atom. The molecule has 0 saturated carbocycles. The first-order chi connectivity index (χ1) is 14.3. The van der Waals surface area contributed by atoms with E-state index >= 15 is 0 Å². The standard InChI is InChI=1S/C19H19N5O6/c1-13-5-6-15(22(25)26)12-18(13)20-19(21-7-3-2-4-8-21)14-9-16(23(27)28)11-17(10-14)24(29)30/h5-6,9-12H,2-4,7-8H2,1H3. The molecule has 11 nitrogen and oxygen atoms in total. The summed E-state index contributed by atoms with van der Waals surface area (Å²) in [5.74, 6) is 0.324. The molecule has 0 amide bonds. The van der Waals surface area contributed by atoms with Gasteiger partial charge in [-0.15, -0.1) is 0 Å². The normalized spacial score (nSPS) is 14.4. The van der Waals surface area contributed by atoms with E-state index in [1.165, 1.54) is 24.3 Å². The molecule has 0 aliphatic carbocycles. The molecule has 1 fully saturated rings. The van der Waals surface area contributed by atoms with Crippen LogP contribution in [-0.4, -0.2) is 38.6 Å². The second kappa shape index (κ2) is 8.64. The van der Waals surface area contributed by atoms with Crippen molar-refractivity contribution in [2.24, 2.45) is 4.99 Å². The predicted molar refractivity (Wildman–Crippen MR) is 109 cm³/mol. The molecule has 11 heteroatoms. The molecule has 30 heavy (non-hydrogen) atoms. The average Bonchev–Trinajstić information content (AvgIpc) is 2.73. The fourth-order valence-electron chi connectivity index (χ4n) is 3.30. The number of amidine groups is 1. The van der Waals surface area contributed by atoms with Crippen LogP contribution < -0.4 is 0 Å². The van der Waals surface area contributed by atoms with E-state index in [0.717, 1.165) is 25.3 Å². The van der Waals surface area contributed by atoms with E-state index in [-0.39, 0.29) is 11.3 Å². The van der Waals surface area contributed by atoms with Crippen LogP contribution in [0.15, 0.2) is 41.4 Å². The molecule has 0 N–H and O–H groups in total. The van der Waals surface area contributed by atoms with Crippen LogP contribution in [0.5, 0.6) is 0 Å².